The molecule has 0 aliphatic carbocycles. The average Bonchev–Trinajstić information content (AvgIpc) is 3.21. The third-order valence-corrected chi connectivity index (χ3v) is 7.16. The number of H-pyrrole nitrogens is 1. The molecule has 27 heavy (non-hydrogen) atoms. The molecule has 2 aromatic heterocycles. The van der Waals surface area contributed by atoms with Gasteiger partial charge in [-0.3, -0.25) is 9.40 Å². The first-order chi connectivity index (χ1) is 12.5. The highest BCUT2D eigenvalue weighted by Gasteiger charge is 2.34. The summed E-state index contributed by atoms with van der Waals surface area (Å²) in [5.74, 6) is 0. The summed E-state index contributed by atoms with van der Waals surface area (Å²) in [7, 11) is -2.42. The van der Waals surface area contributed by atoms with Gasteiger partial charge >= 0.3 is 6.18 Å². The van der Waals surface area contributed by atoms with Gasteiger partial charge in [-0.2, -0.15) is 18.3 Å². The van der Waals surface area contributed by atoms with Crippen molar-refractivity contribution in [2.24, 2.45) is 0 Å². The van der Waals surface area contributed by atoms with E-state index in [0.717, 1.165) is 27.3 Å². The predicted octanol–water partition coefficient (Wildman–Crippen LogP) is 4.60. The van der Waals surface area contributed by atoms with E-state index in [0.29, 0.717) is 15.4 Å². The Morgan fingerprint density at radius 2 is 1.74 bits per heavy atom. The molecule has 0 bridgehead atoms. The lowest BCUT2D eigenvalue weighted by Gasteiger charge is -2.19. The standard InChI is InChI=1S/C17H16F3N3O2S2/c1-10-4-6-12(7-5-10)23(3)27(24,25)15-9-14(26-11(15)2)13-8-16(22-21-13)17(18,19)20/h4-9H,1-3H3,(H,21,22). The topological polar surface area (TPSA) is 66.1 Å². The highest BCUT2D eigenvalue weighted by Crippen LogP contribution is 2.37. The summed E-state index contributed by atoms with van der Waals surface area (Å²) in [6.45, 7) is 3.51. The molecule has 5 nitrogen and oxygen atoms in total. The minimum absolute atomic E-state index is 0.0436. The molecule has 3 aromatic rings. The van der Waals surface area contributed by atoms with Gasteiger partial charge in [-0.05, 0) is 38.1 Å². The summed E-state index contributed by atoms with van der Waals surface area (Å²) in [6.07, 6.45) is -4.54. The Bertz CT molecular complexity index is 1070. The molecular formula is C17H16F3N3O2S2. The molecule has 0 amide bonds. The van der Waals surface area contributed by atoms with Crippen molar-refractivity contribution in [3.05, 3.63) is 52.5 Å². The predicted molar refractivity (Wildman–Crippen MR) is 98.4 cm³/mol. The molecule has 1 N–H and O–H groups in total. The van der Waals surface area contributed by atoms with Crippen molar-refractivity contribution < 1.29 is 21.6 Å². The van der Waals surface area contributed by atoms with E-state index in [-0.39, 0.29) is 10.6 Å². The number of hydrogen-bond acceptors (Lipinski definition) is 4. The molecular weight excluding hydrogens is 399 g/mol. The van der Waals surface area contributed by atoms with Crippen LogP contribution in [-0.2, 0) is 16.2 Å². The van der Waals surface area contributed by atoms with Gasteiger partial charge < -0.3 is 0 Å². The van der Waals surface area contributed by atoms with Gasteiger partial charge in [0.1, 0.15) is 16.3 Å². The Labute approximate surface area is 158 Å². The van der Waals surface area contributed by atoms with Crippen molar-refractivity contribution in [2.45, 2.75) is 24.9 Å². The molecule has 0 fully saturated rings. The zero-order valence-corrected chi connectivity index (χ0v) is 16.3. The minimum atomic E-state index is -4.54. The van der Waals surface area contributed by atoms with E-state index in [1.165, 1.54) is 13.1 Å². The maximum Gasteiger partial charge on any atom is 0.432 e. The second-order valence-corrected chi connectivity index (χ2v) is 9.20. The third-order valence-electron chi connectivity index (χ3n) is 4.04. The van der Waals surface area contributed by atoms with Crippen LogP contribution in [0.15, 0.2) is 41.3 Å². The number of thiophene rings is 1. The number of nitrogens with zero attached hydrogens (tertiary/aromatic N) is 2. The number of anilines is 1. The molecule has 0 saturated carbocycles. The first-order valence-electron chi connectivity index (χ1n) is 7.79. The Morgan fingerprint density at radius 3 is 2.30 bits per heavy atom. The molecule has 1 aromatic carbocycles. The normalized spacial score (nSPS) is 12.4. The van der Waals surface area contributed by atoms with Gasteiger partial charge in [0, 0.05) is 11.9 Å². The quantitative estimate of drug-likeness (QED) is 0.677. The molecule has 10 heteroatoms. The van der Waals surface area contributed by atoms with Gasteiger partial charge in [-0.25, -0.2) is 8.42 Å². The van der Waals surface area contributed by atoms with Crippen molar-refractivity contribution in [2.75, 3.05) is 11.4 Å². The lowest BCUT2D eigenvalue weighted by molar-refractivity contribution is -0.141. The third kappa shape index (κ3) is 3.72. The van der Waals surface area contributed by atoms with Crippen LogP contribution in [0, 0.1) is 13.8 Å². The molecule has 0 aliphatic rings. The first kappa shape index (κ1) is 19.4. The van der Waals surface area contributed by atoms with E-state index in [4.69, 9.17) is 0 Å². The Hall–Kier alpha value is -2.33. The highest BCUT2D eigenvalue weighted by atomic mass is 32.2. The number of sulfonamides is 1. The minimum Gasteiger partial charge on any atom is -0.273 e. The Morgan fingerprint density at radius 1 is 1.11 bits per heavy atom. The van der Waals surface area contributed by atoms with E-state index < -0.39 is 21.9 Å². The fourth-order valence-electron chi connectivity index (χ4n) is 2.48. The van der Waals surface area contributed by atoms with Crippen molar-refractivity contribution >= 4 is 27.0 Å². The maximum atomic E-state index is 13.0. The molecule has 0 atom stereocenters. The van der Waals surface area contributed by atoms with Gasteiger partial charge in [0.15, 0.2) is 0 Å². The monoisotopic (exact) mass is 415 g/mol. The number of nitrogens with one attached hydrogen (secondary N) is 1. The summed E-state index contributed by atoms with van der Waals surface area (Å²) < 4.78 is 65.3. The van der Waals surface area contributed by atoms with E-state index in [2.05, 4.69) is 5.10 Å². The van der Waals surface area contributed by atoms with Crippen LogP contribution in [-0.4, -0.2) is 25.7 Å². The van der Waals surface area contributed by atoms with Crippen molar-refractivity contribution in [1.29, 1.82) is 0 Å². The maximum absolute atomic E-state index is 13.0. The summed E-state index contributed by atoms with van der Waals surface area (Å²) in [6, 6.07) is 9.21. The highest BCUT2D eigenvalue weighted by molar-refractivity contribution is 7.93. The second-order valence-electron chi connectivity index (χ2n) is 6.00. The van der Waals surface area contributed by atoms with Crippen molar-refractivity contribution in [3.63, 3.8) is 0 Å². The van der Waals surface area contributed by atoms with E-state index >= 15 is 0 Å². The molecule has 0 saturated heterocycles. The van der Waals surface area contributed by atoms with Crippen LogP contribution in [0.4, 0.5) is 18.9 Å². The summed E-state index contributed by atoms with van der Waals surface area (Å²) in [5.41, 5.74) is 0.559. The summed E-state index contributed by atoms with van der Waals surface area (Å²) >= 11 is 1.08. The van der Waals surface area contributed by atoms with Gasteiger partial charge in [0.25, 0.3) is 10.0 Å². The van der Waals surface area contributed by atoms with Crippen molar-refractivity contribution in [3.8, 4) is 10.6 Å². The van der Waals surface area contributed by atoms with E-state index in [1.54, 1.807) is 31.2 Å². The SMILES string of the molecule is Cc1ccc(N(C)S(=O)(=O)c2cc(-c3cc(C(F)(F)F)[nH]n3)sc2C)cc1. The van der Waals surface area contributed by atoms with Gasteiger partial charge in [-0.15, -0.1) is 11.3 Å². The molecule has 0 unspecified atom stereocenters. The first-order valence-corrected chi connectivity index (χ1v) is 10.0. The molecule has 0 aliphatic heterocycles. The largest absolute Gasteiger partial charge is 0.432 e. The van der Waals surface area contributed by atoms with Gasteiger partial charge in [-0.1, -0.05) is 17.7 Å². The van der Waals surface area contributed by atoms with E-state index in [9.17, 15) is 21.6 Å². The molecule has 2 heterocycles. The number of alkyl halides is 3. The molecule has 3 rings (SSSR count). The number of halogens is 3. The second kappa shape index (κ2) is 6.68. The number of rotatable bonds is 4. The van der Waals surface area contributed by atoms with Crippen LogP contribution in [0.25, 0.3) is 10.6 Å². The summed E-state index contributed by atoms with van der Waals surface area (Å²) in [4.78, 5) is 0.859. The Kier molecular flexibility index (Phi) is 4.81. The van der Waals surface area contributed by atoms with E-state index in [1.807, 2.05) is 12.0 Å². The van der Waals surface area contributed by atoms with Crippen LogP contribution in [0.3, 0.4) is 0 Å². The summed E-state index contributed by atoms with van der Waals surface area (Å²) in [5, 5.41) is 5.60. The lowest BCUT2D eigenvalue weighted by atomic mass is 10.2. The zero-order chi connectivity index (χ0) is 20.0. The zero-order valence-electron chi connectivity index (χ0n) is 14.6. The van der Waals surface area contributed by atoms with Crippen LogP contribution in [0.5, 0.6) is 0 Å². The van der Waals surface area contributed by atoms with Crippen molar-refractivity contribution in [1.82, 2.24) is 10.2 Å². The number of aryl methyl sites for hydroxylation is 2. The fraction of sp³-hybridized carbons (Fsp3) is 0.235. The van der Waals surface area contributed by atoms with Gasteiger partial charge in [0.05, 0.1) is 10.6 Å². The van der Waals surface area contributed by atoms with Crippen LogP contribution in [0.1, 0.15) is 16.1 Å². The smallest absolute Gasteiger partial charge is 0.273 e. The Balaban J connectivity index is 1.98. The fourth-order valence-corrected chi connectivity index (χ4v) is 5.20. The van der Waals surface area contributed by atoms with Crippen LogP contribution >= 0.6 is 11.3 Å². The number of benzene rings is 1. The lowest BCUT2D eigenvalue weighted by Crippen LogP contribution is -2.26. The van der Waals surface area contributed by atoms with Crippen LogP contribution < -0.4 is 4.31 Å². The molecule has 0 radical (unpaired) electrons. The molecule has 0 spiro atoms. The average molecular weight is 415 g/mol. The van der Waals surface area contributed by atoms with Gasteiger partial charge in [0.2, 0.25) is 0 Å². The number of aromatic amines is 1. The number of hydrogen-bond donors (Lipinski definition) is 1. The molecule has 144 valence electrons. The number of aromatic nitrogens is 2. The van der Waals surface area contributed by atoms with Crippen LogP contribution in [0.2, 0.25) is 0 Å².